The summed E-state index contributed by atoms with van der Waals surface area (Å²) in [5.41, 5.74) is 3.22. The summed E-state index contributed by atoms with van der Waals surface area (Å²) in [6, 6.07) is 7.50. The number of benzene rings is 1. The second-order valence-electron chi connectivity index (χ2n) is 3.93. The molecule has 0 radical (unpaired) electrons. The van der Waals surface area contributed by atoms with Crippen LogP contribution in [0.1, 0.15) is 11.7 Å². The van der Waals surface area contributed by atoms with Gasteiger partial charge in [0.2, 0.25) is 0 Å². The Hall–Kier alpha value is -2.27. The Kier molecular flexibility index (Phi) is 2.53. The minimum Gasteiger partial charge on any atom is -0.441 e. The minimum atomic E-state index is -0.169. The molecule has 0 amide bonds. The maximum atomic E-state index is 9.03. The fraction of sp³-hybridized carbons (Fsp3) is 0.154. The third kappa shape index (κ3) is 1.84. The number of hydrogen-bond donors (Lipinski definition) is 1. The van der Waals surface area contributed by atoms with Crippen molar-refractivity contribution in [1.29, 1.82) is 0 Å². The van der Waals surface area contributed by atoms with Gasteiger partial charge in [-0.05, 0) is 18.2 Å². The highest BCUT2D eigenvalue weighted by molar-refractivity contribution is 5.79. The first-order chi connectivity index (χ1) is 8.76. The highest BCUT2D eigenvalue weighted by atomic mass is 16.3. The van der Waals surface area contributed by atoms with Crippen molar-refractivity contribution >= 4 is 11.1 Å². The van der Waals surface area contributed by atoms with E-state index < -0.39 is 0 Å². The van der Waals surface area contributed by atoms with Crippen LogP contribution < -0.4 is 0 Å². The van der Waals surface area contributed by atoms with Crippen molar-refractivity contribution in [3.8, 4) is 11.3 Å². The molecule has 5 heteroatoms. The molecule has 0 bridgehead atoms. The highest BCUT2D eigenvalue weighted by Gasteiger charge is 2.06. The molecule has 0 saturated carbocycles. The molecular weight excluding hydrogens is 230 g/mol. The molecule has 2 aromatic heterocycles. The van der Waals surface area contributed by atoms with Gasteiger partial charge in [-0.25, -0.2) is 15.0 Å². The lowest BCUT2D eigenvalue weighted by Crippen LogP contribution is -1.95. The summed E-state index contributed by atoms with van der Waals surface area (Å²) in [4.78, 5) is 12.4. The zero-order valence-corrected chi connectivity index (χ0v) is 9.79. The number of oxazole rings is 1. The fourth-order valence-corrected chi connectivity index (χ4v) is 1.84. The molecule has 2 heterocycles. The number of aryl methyl sites for hydroxylation is 1. The molecule has 1 N–H and O–H groups in total. The van der Waals surface area contributed by atoms with E-state index in [1.165, 1.54) is 0 Å². The van der Waals surface area contributed by atoms with Gasteiger partial charge in [-0.1, -0.05) is 6.07 Å². The first-order valence-electron chi connectivity index (χ1n) is 5.56. The molecule has 3 aromatic rings. The van der Waals surface area contributed by atoms with Crippen molar-refractivity contribution in [2.75, 3.05) is 0 Å². The van der Waals surface area contributed by atoms with Crippen LogP contribution in [0.3, 0.4) is 0 Å². The lowest BCUT2D eigenvalue weighted by atomic mass is 10.1. The lowest BCUT2D eigenvalue weighted by molar-refractivity contribution is 0.271. The van der Waals surface area contributed by atoms with Crippen LogP contribution in [0.5, 0.6) is 0 Å². The van der Waals surface area contributed by atoms with E-state index >= 15 is 0 Å². The van der Waals surface area contributed by atoms with Crippen LogP contribution in [0.25, 0.3) is 22.4 Å². The van der Waals surface area contributed by atoms with Crippen LogP contribution in [0, 0.1) is 6.92 Å². The van der Waals surface area contributed by atoms with E-state index in [9.17, 15) is 0 Å². The predicted octanol–water partition coefficient (Wildman–Crippen LogP) is 2.09. The van der Waals surface area contributed by atoms with Crippen molar-refractivity contribution in [3.63, 3.8) is 0 Å². The van der Waals surface area contributed by atoms with Gasteiger partial charge in [-0.15, -0.1) is 0 Å². The van der Waals surface area contributed by atoms with E-state index in [-0.39, 0.29) is 6.61 Å². The van der Waals surface area contributed by atoms with Crippen LogP contribution >= 0.6 is 0 Å². The van der Waals surface area contributed by atoms with Crippen molar-refractivity contribution < 1.29 is 9.52 Å². The summed E-state index contributed by atoms with van der Waals surface area (Å²) < 4.78 is 5.48. The summed E-state index contributed by atoms with van der Waals surface area (Å²) in [5, 5.41) is 9.03. The molecule has 0 aliphatic carbocycles. The van der Waals surface area contributed by atoms with Gasteiger partial charge < -0.3 is 9.52 Å². The summed E-state index contributed by atoms with van der Waals surface area (Å²) in [6.45, 7) is 1.64. The average Bonchev–Trinajstić information content (AvgIpc) is 2.77. The van der Waals surface area contributed by atoms with Gasteiger partial charge >= 0.3 is 0 Å². The van der Waals surface area contributed by atoms with Crippen LogP contribution in [0.2, 0.25) is 0 Å². The average molecular weight is 241 g/mol. The highest BCUT2D eigenvalue weighted by Crippen LogP contribution is 2.23. The maximum absolute atomic E-state index is 9.03. The molecule has 90 valence electrons. The van der Waals surface area contributed by atoms with Crippen LogP contribution in [0.15, 0.2) is 34.9 Å². The van der Waals surface area contributed by atoms with E-state index in [1.807, 2.05) is 25.1 Å². The van der Waals surface area contributed by atoms with Gasteiger partial charge in [0, 0.05) is 18.7 Å². The SMILES string of the molecule is Cc1nc2ccc(-c3ccnc(CO)n3)cc2o1. The Bertz CT molecular complexity index is 706. The molecule has 0 fully saturated rings. The van der Waals surface area contributed by atoms with Crippen molar-refractivity contribution in [1.82, 2.24) is 15.0 Å². The minimum absolute atomic E-state index is 0.169. The Balaban J connectivity index is 2.12. The zero-order chi connectivity index (χ0) is 12.5. The van der Waals surface area contributed by atoms with Crippen LogP contribution in [-0.4, -0.2) is 20.1 Å². The molecule has 0 saturated heterocycles. The number of nitrogens with zero attached hydrogens (tertiary/aromatic N) is 3. The third-order valence-electron chi connectivity index (χ3n) is 2.64. The molecule has 0 atom stereocenters. The summed E-state index contributed by atoms with van der Waals surface area (Å²) in [6.07, 6.45) is 1.63. The first-order valence-corrected chi connectivity index (χ1v) is 5.56. The molecule has 5 nitrogen and oxygen atoms in total. The van der Waals surface area contributed by atoms with Gasteiger partial charge in [-0.2, -0.15) is 0 Å². The molecule has 0 aliphatic rings. The molecular formula is C13H11N3O2. The van der Waals surface area contributed by atoms with E-state index in [0.717, 1.165) is 22.4 Å². The quantitative estimate of drug-likeness (QED) is 0.743. The summed E-state index contributed by atoms with van der Waals surface area (Å²) in [5.74, 6) is 1.04. The monoisotopic (exact) mass is 241 g/mol. The van der Waals surface area contributed by atoms with Crippen molar-refractivity contribution in [2.24, 2.45) is 0 Å². The molecule has 3 rings (SSSR count). The van der Waals surface area contributed by atoms with E-state index in [1.54, 1.807) is 12.3 Å². The van der Waals surface area contributed by atoms with E-state index in [4.69, 9.17) is 9.52 Å². The largest absolute Gasteiger partial charge is 0.441 e. The number of rotatable bonds is 2. The summed E-state index contributed by atoms with van der Waals surface area (Å²) >= 11 is 0. The van der Waals surface area contributed by atoms with Gasteiger partial charge in [-0.3, -0.25) is 0 Å². The van der Waals surface area contributed by atoms with Crippen molar-refractivity contribution in [2.45, 2.75) is 13.5 Å². The second kappa shape index (κ2) is 4.19. The molecule has 18 heavy (non-hydrogen) atoms. The maximum Gasteiger partial charge on any atom is 0.192 e. The Labute approximate surface area is 103 Å². The normalized spacial score (nSPS) is 11.0. The van der Waals surface area contributed by atoms with Crippen LogP contribution in [-0.2, 0) is 6.61 Å². The Morgan fingerprint density at radius 3 is 2.94 bits per heavy atom. The number of aliphatic hydroxyl groups is 1. The van der Waals surface area contributed by atoms with Gasteiger partial charge in [0.25, 0.3) is 0 Å². The lowest BCUT2D eigenvalue weighted by Gasteiger charge is -2.01. The van der Waals surface area contributed by atoms with Gasteiger partial charge in [0.15, 0.2) is 17.3 Å². The number of hydrogen-bond acceptors (Lipinski definition) is 5. The first kappa shape index (κ1) is 10.9. The Morgan fingerprint density at radius 2 is 2.11 bits per heavy atom. The van der Waals surface area contributed by atoms with Gasteiger partial charge in [0.05, 0.1) is 5.69 Å². The number of aliphatic hydroxyl groups excluding tert-OH is 1. The molecule has 1 aromatic carbocycles. The topological polar surface area (TPSA) is 72.0 Å². The van der Waals surface area contributed by atoms with E-state index in [2.05, 4.69) is 15.0 Å². The number of aromatic nitrogens is 3. The van der Waals surface area contributed by atoms with Crippen LogP contribution in [0.4, 0.5) is 0 Å². The number of fused-ring (bicyclic) bond motifs is 1. The predicted molar refractivity (Wildman–Crippen MR) is 65.7 cm³/mol. The Morgan fingerprint density at radius 1 is 1.22 bits per heavy atom. The fourth-order valence-electron chi connectivity index (χ4n) is 1.84. The molecule has 0 aliphatic heterocycles. The van der Waals surface area contributed by atoms with Crippen molar-refractivity contribution in [3.05, 3.63) is 42.2 Å². The molecule has 0 spiro atoms. The molecule has 0 unspecified atom stereocenters. The standard InChI is InChI=1S/C13H11N3O2/c1-8-15-11-3-2-9(6-12(11)18-8)10-4-5-14-13(7-17)16-10/h2-6,17H,7H2,1H3. The van der Waals surface area contributed by atoms with Gasteiger partial charge in [0.1, 0.15) is 12.1 Å². The second-order valence-corrected chi connectivity index (χ2v) is 3.93. The smallest absolute Gasteiger partial charge is 0.192 e. The van der Waals surface area contributed by atoms with E-state index in [0.29, 0.717) is 11.7 Å². The summed E-state index contributed by atoms with van der Waals surface area (Å²) in [7, 11) is 0. The zero-order valence-electron chi connectivity index (χ0n) is 9.79. The third-order valence-corrected chi connectivity index (χ3v) is 2.64.